The molecule has 1 aromatic heterocycles. The molecule has 1 aromatic rings. The van der Waals surface area contributed by atoms with Crippen LogP contribution in [-0.4, -0.2) is 23.1 Å². The van der Waals surface area contributed by atoms with E-state index >= 15 is 0 Å². The lowest BCUT2D eigenvalue weighted by molar-refractivity contribution is 0.776. The lowest BCUT2D eigenvalue weighted by atomic mass is 10.1. The third-order valence-corrected chi connectivity index (χ3v) is 3.59. The van der Waals surface area contributed by atoms with E-state index in [1.807, 2.05) is 12.4 Å². The lowest BCUT2D eigenvalue weighted by Crippen LogP contribution is -2.24. The summed E-state index contributed by atoms with van der Waals surface area (Å²) in [4.78, 5) is 11.2. The number of hydrogen-bond acceptors (Lipinski definition) is 3. The van der Waals surface area contributed by atoms with Crippen LogP contribution in [0.25, 0.3) is 0 Å². The first kappa shape index (κ1) is 9.13. The molecule has 3 rings (SSSR count). The smallest absolute Gasteiger partial charge is 0.225 e. The van der Waals surface area contributed by atoms with Crippen molar-refractivity contribution in [2.45, 2.75) is 26.2 Å². The maximum absolute atomic E-state index is 4.45. The Balaban J connectivity index is 1.75. The zero-order valence-corrected chi connectivity index (χ0v) is 9.35. The number of piperidine rings is 1. The van der Waals surface area contributed by atoms with E-state index in [-0.39, 0.29) is 0 Å². The van der Waals surface area contributed by atoms with E-state index in [0.717, 1.165) is 17.8 Å². The van der Waals surface area contributed by atoms with Crippen molar-refractivity contribution in [2.24, 2.45) is 11.8 Å². The van der Waals surface area contributed by atoms with Crippen LogP contribution in [0.5, 0.6) is 0 Å². The molecular formula is C12H17N3. The minimum atomic E-state index is 0.519. The van der Waals surface area contributed by atoms with Gasteiger partial charge in [0.25, 0.3) is 0 Å². The molecule has 2 fully saturated rings. The molecule has 15 heavy (non-hydrogen) atoms. The summed E-state index contributed by atoms with van der Waals surface area (Å²) in [6, 6.07) is 0. The number of hydrogen-bond donors (Lipinski definition) is 0. The second-order valence-electron chi connectivity index (χ2n) is 5.13. The Morgan fingerprint density at radius 1 is 1.20 bits per heavy atom. The number of rotatable bonds is 2. The van der Waals surface area contributed by atoms with Crippen molar-refractivity contribution in [3.05, 3.63) is 18.0 Å². The highest BCUT2D eigenvalue weighted by molar-refractivity contribution is 5.34. The van der Waals surface area contributed by atoms with Crippen molar-refractivity contribution < 1.29 is 0 Å². The van der Waals surface area contributed by atoms with Crippen molar-refractivity contribution in [2.75, 3.05) is 18.0 Å². The van der Waals surface area contributed by atoms with Crippen LogP contribution in [0.1, 0.15) is 31.7 Å². The molecule has 1 aliphatic carbocycles. The molecule has 1 aliphatic heterocycles. The number of aromatic nitrogens is 2. The highest BCUT2D eigenvalue weighted by atomic mass is 15.3. The normalized spacial score (nSPS) is 28.3. The van der Waals surface area contributed by atoms with E-state index in [4.69, 9.17) is 0 Å². The summed E-state index contributed by atoms with van der Waals surface area (Å²) in [5.41, 5.74) is 1.23. The Labute approximate surface area is 90.5 Å². The van der Waals surface area contributed by atoms with Gasteiger partial charge >= 0.3 is 0 Å². The molecule has 0 N–H and O–H groups in total. The van der Waals surface area contributed by atoms with Gasteiger partial charge in [0.2, 0.25) is 5.95 Å². The average molecular weight is 203 g/mol. The highest BCUT2D eigenvalue weighted by Gasteiger charge is 2.45. The maximum Gasteiger partial charge on any atom is 0.225 e. The summed E-state index contributed by atoms with van der Waals surface area (Å²) in [6.45, 7) is 6.68. The number of anilines is 1. The Bertz CT molecular complexity index is 348. The summed E-state index contributed by atoms with van der Waals surface area (Å²) < 4.78 is 0. The van der Waals surface area contributed by atoms with E-state index < -0.39 is 0 Å². The summed E-state index contributed by atoms with van der Waals surface area (Å²) in [5.74, 6) is 3.33. The van der Waals surface area contributed by atoms with E-state index in [9.17, 15) is 0 Å². The average Bonchev–Trinajstić information content (AvgIpc) is 2.86. The summed E-state index contributed by atoms with van der Waals surface area (Å²) in [5, 5.41) is 0. The topological polar surface area (TPSA) is 29.0 Å². The van der Waals surface area contributed by atoms with Gasteiger partial charge in [0, 0.05) is 25.5 Å². The second kappa shape index (κ2) is 3.19. The number of nitrogens with zero attached hydrogens (tertiary/aromatic N) is 3. The zero-order valence-electron chi connectivity index (χ0n) is 9.35. The monoisotopic (exact) mass is 203 g/mol. The van der Waals surface area contributed by atoms with Crippen LogP contribution in [0.2, 0.25) is 0 Å². The fraction of sp³-hybridized carbons (Fsp3) is 0.667. The van der Waals surface area contributed by atoms with Gasteiger partial charge in [-0.3, -0.25) is 0 Å². The predicted octanol–water partition coefficient (Wildman–Crippen LogP) is 2.06. The molecule has 2 heterocycles. The molecule has 2 atom stereocenters. The van der Waals surface area contributed by atoms with Crippen molar-refractivity contribution in [3.63, 3.8) is 0 Å². The molecule has 3 nitrogen and oxygen atoms in total. The molecule has 1 saturated heterocycles. The largest absolute Gasteiger partial charge is 0.340 e. The third-order valence-electron chi connectivity index (χ3n) is 3.59. The van der Waals surface area contributed by atoms with E-state index in [1.54, 1.807) is 0 Å². The van der Waals surface area contributed by atoms with Crippen LogP contribution in [0.15, 0.2) is 12.4 Å². The zero-order chi connectivity index (χ0) is 10.4. The fourth-order valence-corrected chi connectivity index (χ4v) is 2.35. The summed E-state index contributed by atoms with van der Waals surface area (Å²) in [6.07, 6.45) is 5.37. The minimum absolute atomic E-state index is 0.519. The van der Waals surface area contributed by atoms with Crippen LogP contribution in [0.3, 0.4) is 0 Å². The maximum atomic E-state index is 4.45. The molecule has 0 bridgehead atoms. The first-order valence-corrected chi connectivity index (χ1v) is 5.81. The van der Waals surface area contributed by atoms with Crippen molar-refractivity contribution in [1.82, 2.24) is 9.97 Å². The van der Waals surface area contributed by atoms with Gasteiger partial charge in [-0.05, 0) is 29.7 Å². The van der Waals surface area contributed by atoms with Crippen LogP contribution in [0.4, 0.5) is 5.95 Å². The standard InChI is InChI=1S/C12H17N3/c1-8(2)11-4-13-12(14-5-11)15-6-9-3-10(9)7-15/h4-5,8-10H,3,6-7H2,1-2H3/t9-,10+. The van der Waals surface area contributed by atoms with Gasteiger partial charge in [0.05, 0.1) is 0 Å². The molecule has 0 spiro atoms. The van der Waals surface area contributed by atoms with Crippen LogP contribution < -0.4 is 4.90 Å². The van der Waals surface area contributed by atoms with Crippen LogP contribution >= 0.6 is 0 Å². The molecule has 0 aromatic carbocycles. The van der Waals surface area contributed by atoms with E-state index in [0.29, 0.717) is 5.92 Å². The summed E-state index contributed by atoms with van der Waals surface area (Å²) in [7, 11) is 0. The highest BCUT2D eigenvalue weighted by Crippen LogP contribution is 2.45. The molecule has 0 radical (unpaired) electrons. The van der Waals surface area contributed by atoms with Gasteiger partial charge in [-0.25, -0.2) is 9.97 Å². The lowest BCUT2D eigenvalue weighted by Gasteiger charge is -2.17. The van der Waals surface area contributed by atoms with Gasteiger partial charge in [-0.1, -0.05) is 13.8 Å². The Kier molecular flexibility index (Phi) is 1.94. The predicted molar refractivity (Wildman–Crippen MR) is 59.9 cm³/mol. The molecule has 3 heteroatoms. The van der Waals surface area contributed by atoms with E-state index in [1.165, 1.54) is 25.1 Å². The van der Waals surface area contributed by atoms with Crippen molar-refractivity contribution in [3.8, 4) is 0 Å². The third kappa shape index (κ3) is 1.60. The Morgan fingerprint density at radius 3 is 2.33 bits per heavy atom. The fourth-order valence-electron chi connectivity index (χ4n) is 2.35. The molecule has 0 amide bonds. The molecule has 1 saturated carbocycles. The van der Waals surface area contributed by atoms with Crippen LogP contribution in [0, 0.1) is 11.8 Å². The summed E-state index contributed by atoms with van der Waals surface area (Å²) >= 11 is 0. The van der Waals surface area contributed by atoms with E-state index in [2.05, 4.69) is 28.7 Å². The molecule has 0 unspecified atom stereocenters. The van der Waals surface area contributed by atoms with Crippen molar-refractivity contribution in [1.29, 1.82) is 0 Å². The van der Waals surface area contributed by atoms with Crippen molar-refractivity contribution >= 4 is 5.95 Å². The first-order chi connectivity index (χ1) is 7.24. The van der Waals surface area contributed by atoms with Gasteiger partial charge in [0.1, 0.15) is 0 Å². The number of fused-ring (bicyclic) bond motifs is 1. The molecular weight excluding hydrogens is 186 g/mol. The van der Waals surface area contributed by atoms with Gasteiger partial charge in [-0.2, -0.15) is 0 Å². The van der Waals surface area contributed by atoms with Gasteiger partial charge in [0.15, 0.2) is 0 Å². The Morgan fingerprint density at radius 2 is 1.80 bits per heavy atom. The first-order valence-electron chi connectivity index (χ1n) is 5.81. The SMILES string of the molecule is CC(C)c1cnc(N2C[C@H]3C[C@H]3C2)nc1. The quantitative estimate of drug-likeness (QED) is 0.736. The molecule has 80 valence electrons. The Hall–Kier alpha value is -1.12. The van der Waals surface area contributed by atoms with Gasteiger partial charge < -0.3 is 4.90 Å². The second-order valence-corrected chi connectivity index (χ2v) is 5.13. The minimum Gasteiger partial charge on any atom is -0.340 e. The van der Waals surface area contributed by atoms with Gasteiger partial charge in [-0.15, -0.1) is 0 Å². The van der Waals surface area contributed by atoms with Crippen LogP contribution in [-0.2, 0) is 0 Å². The molecule has 2 aliphatic rings.